The van der Waals surface area contributed by atoms with Crippen molar-refractivity contribution in [1.82, 2.24) is 0 Å². The number of carboxylic acid groups (broad SMARTS) is 1. The van der Waals surface area contributed by atoms with Gasteiger partial charge in [0, 0.05) is 5.56 Å². The summed E-state index contributed by atoms with van der Waals surface area (Å²) in [7, 11) is 0. The van der Waals surface area contributed by atoms with Crippen molar-refractivity contribution in [2.24, 2.45) is 0 Å². The molecular weight excluding hydrogens is 301 g/mol. The molecule has 20 heavy (non-hydrogen) atoms. The smallest absolute Gasteiger partial charge is 0.337 e. The van der Waals surface area contributed by atoms with Crippen LogP contribution in [-0.4, -0.2) is 17.0 Å². The number of nitrogens with one attached hydrogen (secondary N) is 1. The quantitative estimate of drug-likeness (QED) is 0.902. The molecule has 0 aliphatic rings. The molecule has 0 aromatic heterocycles. The Morgan fingerprint density at radius 3 is 2.20 bits per heavy atom. The maximum atomic E-state index is 12.0. The topological polar surface area (TPSA) is 66.4 Å². The number of aromatic carboxylic acids is 1. The van der Waals surface area contributed by atoms with Crippen LogP contribution < -0.4 is 5.32 Å². The highest BCUT2D eigenvalue weighted by molar-refractivity contribution is 6.42. The van der Waals surface area contributed by atoms with Crippen molar-refractivity contribution < 1.29 is 14.7 Å². The summed E-state index contributed by atoms with van der Waals surface area (Å²) in [6, 6.07) is 10.9. The van der Waals surface area contributed by atoms with E-state index in [-0.39, 0.29) is 21.3 Å². The lowest BCUT2D eigenvalue weighted by atomic mass is 10.1. The molecule has 0 saturated heterocycles. The lowest BCUT2D eigenvalue weighted by molar-refractivity contribution is 0.0698. The molecule has 0 radical (unpaired) electrons. The number of anilines is 1. The van der Waals surface area contributed by atoms with Crippen LogP contribution in [0.25, 0.3) is 0 Å². The Morgan fingerprint density at radius 1 is 1.00 bits per heavy atom. The second-order valence-electron chi connectivity index (χ2n) is 3.94. The minimum Gasteiger partial charge on any atom is -0.478 e. The molecule has 4 nitrogen and oxygen atoms in total. The van der Waals surface area contributed by atoms with E-state index in [1.807, 2.05) is 0 Å². The lowest BCUT2D eigenvalue weighted by Gasteiger charge is -2.10. The normalized spacial score (nSPS) is 10.1. The van der Waals surface area contributed by atoms with Crippen molar-refractivity contribution in [1.29, 1.82) is 0 Å². The number of carboxylic acids is 1. The molecule has 0 aliphatic heterocycles. The van der Waals surface area contributed by atoms with Gasteiger partial charge in [-0.2, -0.15) is 0 Å². The van der Waals surface area contributed by atoms with Crippen LogP contribution in [0, 0.1) is 0 Å². The molecule has 2 aromatic rings. The van der Waals surface area contributed by atoms with Crippen LogP contribution in [0.5, 0.6) is 0 Å². The fourth-order valence-electron chi connectivity index (χ4n) is 1.61. The maximum absolute atomic E-state index is 12.0. The van der Waals surface area contributed by atoms with Gasteiger partial charge < -0.3 is 10.4 Å². The van der Waals surface area contributed by atoms with Gasteiger partial charge in [0.25, 0.3) is 5.91 Å². The zero-order valence-corrected chi connectivity index (χ0v) is 11.6. The van der Waals surface area contributed by atoms with Gasteiger partial charge in [-0.15, -0.1) is 0 Å². The molecule has 0 spiro atoms. The molecule has 2 N–H and O–H groups in total. The second-order valence-corrected chi connectivity index (χ2v) is 4.75. The monoisotopic (exact) mass is 309 g/mol. The predicted octanol–water partition coefficient (Wildman–Crippen LogP) is 3.94. The number of halogens is 2. The van der Waals surface area contributed by atoms with Gasteiger partial charge in [-0.3, -0.25) is 4.79 Å². The summed E-state index contributed by atoms with van der Waals surface area (Å²) < 4.78 is 0. The summed E-state index contributed by atoms with van der Waals surface area (Å²) in [5, 5.41) is 11.9. The van der Waals surface area contributed by atoms with Gasteiger partial charge in [-0.1, -0.05) is 41.4 Å². The van der Waals surface area contributed by atoms with Gasteiger partial charge in [0.2, 0.25) is 0 Å². The Bertz CT molecular complexity index is 672. The highest BCUT2D eigenvalue weighted by Gasteiger charge is 2.16. The Labute approximate surface area is 124 Å². The molecule has 0 fully saturated rings. The van der Waals surface area contributed by atoms with Gasteiger partial charge in [0.15, 0.2) is 0 Å². The summed E-state index contributed by atoms with van der Waals surface area (Å²) in [6.45, 7) is 0. The molecule has 0 heterocycles. The maximum Gasteiger partial charge on any atom is 0.337 e. The van der Waals surface area contributed by atoms with E-state index in [9.17, 15) is 9.59 Å². The molecule has 0 saturated carbocycles. The number of carbonyl (C=O) groups excluding carboxylic acids is 1. The van der Waals surface area contributed by atoms with Gasteiger partial charge in [-0.05, 0) is 24.3 Å². The average Bonchev–Trinajstić information content (AvgIpc) is 2.43. The fraction of sp³-hybridized carbons (Fsp3) is 0. The standard InChI is InChI=1S/C14H9Cl2NO3/c15-10-6-9(14(19)20)12(7-11(10)16)17-13(18)8-4-2-1-3-5-8/h1-7H,(H,17,18)(H,19,20). The molecule has 0 bridgehead atoms. The van der Waals surface area contributed by atoms with Crippen LogP contribution in [0.4, 0.5) is 5.69 Å². The van der Waals surface area contributed by atoms with Gasteiger partial charge in [-0.25, -0.2) is 4.79 Å². The molecule has 1 amide bonds. The van der Waals surface area contributed by atoms with Gasteiger partial charge in [0.05, 0.1) is 21.3 Å². The number of benzene rings is 2. The SMILES string of the molecule is O=C(Nc1cc(Cl)c(Cl)cc1C(=O)O)c1ccccc1. The summed E-state index contributed by atoms with van der Waals surface area (Å²) in [4.78, 5) is 23.2. The first kappa shape index (κ1) is 14.4. The lowest BCUT2D eigenvalue weighted by Crippen LogP contribution is -2.14. The van der Waals surface area contributed by atoms with Crippen molar-refractivity contribution in [3.63, 3.8) is 0 Å². The first-order valence-electron chi connectivity index (χ1n) is 5.58. The number of carbonyl (C=O) groups is 2. The van der Waals surface area contributed by atoms with Crippen molar-refractivity contribution in [2.75, 3.05) is 5.32 Å². The number of amides is 1. The van der Waals surface area contributed by atoms with Crippen molar-refractivity contribution in [2.45, 2.75) is 0 Å². The molecule has 2 rings (SSSR count). The first-order chi connectivity index (χ1) is 9.49. The Balaban J connectivity index is 2.36. The van der Waals surface area contributed by atoms with E-state index in [0.29, 0.717) is 5.56 Å². The van der Waals surface area contributed by atoms with Crippen LogP contribution in [0.3, 0.4) is 0 Å². The van der Waals surface area contributed by atoms with Crippen LogP contribution in [0.1, 0.15) is 20.7 Å². The largest absolute Gasteiger partial charge is 0.478 e. The zero-order chi connectivity index (χ0) is 14.7. The van der Waals surface area contributed by atoms with Crippen molar-refractivity contribution in [3.8, 4) is 0 Å². The Hall–Kier alpha value is -2.04. The summed E-state index contributed by atoms with van der Waals surface area (Å²) in [6.07, 6.45) is 0. The van der Waals surface area contributed by atoms with E-state index in [2.05, 4.69) is 5.32 Å². The second kappa shape index (κ2) is 5.94. The van der Waals surface area contributed by atoms with Gasteiger partial charge in [0.1, 0.15) is 0 Å². The number of rotatable bonds is 3. The molecule has 6 heteroatoms. The van der Waals surface area contributed by atoms with Crippen molar-refractivity contribution in [3.05, 3.63) is 63.6 Å². The minimum absolute atomic E-state index is 0.0979. The van der Waals surface area contributed by atoms with Crippen LogP contribution >= 0.6 is 23.2 Å². The first-order valence-corrected chi connectivity index (χ1v) is 6.33. The van der Waals surface area contributed by atoms with E-state index in [1.54, 1.807) is 30.3 Å². The Kier molecular flexibility index (Phi) is 4.27. The van der Waals surface area contributed by atoms with Crippen LogP contribution in [0.2, 0.25) is 10.0 Å². The molecule has 102 valence electrons. The molecular formula is C14H9Cl2NO3. The summed E-state index contributed by atoms with van der Waals surface area (Å²) in [5.41, 5.74) is 0.388. The van der Waals surface area contributed by atoms with Crippen molar-refractivity contribution >= 4 is 40.8 Å². The van der Waals surface area contributed by atoms with E-state index < -0.39 is 11.9 Å². The van der Waals surface area contributed by atoms with E-state index >= 15 is 0 Å². The predicted molar refractivity (Wildman–Crippen MR) is 77.8 cm³/mol. The van der Waals surface area contributed by atoms with E-state index in [4.69, 9.17) is 28.3 Å². The number of hydrogen-bond acceptors (Lipinski definition) is 2. The van der Waals surface area contributed by atoms with Gasteiger partial charge >= 0.3 is 5.97 Å². The molecule has 2 aromatic carbocycles. The number of hydrogen-bond donors (Lipinski definition) is 2. The highest BCUT2D eigenvalue weighted by atomic mass is 35.5. The molecule has 0 unspecified atom stereocenters. The third-order valence-electron chi connectivity index (χ3n) is 2.58. The third-order valence-corrected chi connectivity index (χ3v) is 3.30. The molecule has 0 aliphatic carbocycles. The summed E-state index contributed by atoms with van der Waals surface area (Å²) in [5.74, 6) is -1.63. The molecule has 0 atom stereocenters. The Morgan fingerprint density at radius 2 is 1.60 bits per heavy atom. The average molecular weight is 310 g/mol. The zero-order valence-electron chi connectivity index (χ0n) is 10.1. The minimum atomic E-state index is -1.20. The van der Waals surface area contributed by atoms with Crippen LogP contribution in [0.15, 0.2) is 42.5 Å². The van der Waals surface area contributed by atoms with E-state index in [1.165, 1.54) is 12.1 Å². The fourth-order valence-corrected chi connectivity index (χ4v) is 1.94. The summed E-state index contributed by atoms with van der Waals surface area (Å²) >= 11 is 11.6. The van der Waals surface area contributed by atoms with Crippen LogP contribution in [-0.2, 0) is 0 Å². The van der Waals surface area contributed by atoms with E-state index in [0.717, 1.165) is 0 Å². The third kappa shape index (κ3) is 3.10. The highest BCUT2D eigenvalue weighted by Crippen LogP contribution is 2.29.